The van der Waals surface area contributed by atoms with E-state index in [2.05, 4.69) is 40.5 Å². The Morgan fingerprint density at radius 2 is 1.71 bits per heavy atom. The van der Waals surface area contributed by atoms with Gasteiger partial charge in [-0.2, -0.15) is 13.2 Å². The summed E-state index contributed by atoms with van der Waals surface area (Å²) in [6, 6.07) is 12.5. The van der Waals surface area contributed by atoms with Crippen LogP contribution in [0.25, 0.3) is 0 Å². The lowest BCUT2D eigenvalue weighted by Gasteiger charge is -2.18. The summed E-state index contributed by atoms with van der Waals surface area (Å²) in [5.74, 6) is -5.67. The van der Waals surface area contributed by atoms with Gasteiger partial charge in [-0.05, 0) is 42.3 Å². The number of benzene rings is 2. The highest BCUT2D eigenvalue weighted by atomic mass is 32.1. The first-order valence-electron chi connectivity index (χ1n) is 14.0. The van der Waals surface area contributed by atoms with Crippen LogP contribution in [-0.2, 0) is 25.5 Å². The zero-order chi connectivity index (χ0) is 35.3. The molecule has 3 heterocycles. The largest absolute Gasteiger partial charge is 0.573 e. The molecule has 0 bridgehead atoms. The number of ether oxygens (including phenoxy) is 2. The molecule has 1 aliphatic heterocycles. The predicted molar refractivity (Wildman–Crippen MR) is 157 cm³/mol. The van der Waals surface area contributed by atoms with E-state index in [0.717, 1.165) is 35.6 Å². The molecular formula is C29H22F7N7O5S. The van der Waals surface area contributed by atoms with E-state index < -0.39 is 53.6 Å². The summed E-state index contributed by atoms with van der Waals surface area (Å²) in [6.07, 6.45) is -12.2. The molecule has 5 rings (SSSR count). The topological polar surface area (TPSA) is 149 Å². The Morgan fingerprint density at radius 3 is 2.41 bits per heavy atom. The normalized spacial score (nSPS) is 15.4. The van der Waals surface area contributed by atoms with Crippen LogP contribution >= 0.6 is 11.3 Å². The molecule has 2 atom stereocenters. The molecule has 2 N–H and O–H groups in total. The molecule has 2 amide bonds. The van der Waals surface area contributed by atoms with Crippen molar-refractivity contribution in [1.29, 1.82) is 0 Å². The Bertz CT molecular complexity index is 1820. The van der Waals surface area contributed by atoms with Crippen LogP contribution in [0.4, 0.5) is 47.5 Å². The second kappa shape index (κ2) is 14.4. The summed E-state index contributed by atoms with van der Waals surface area (Å²) in [5, 5.41) is 21.1. The highest BCUT2D eigenvalue weighted by Gasteiger charge is 2.44. The number of nitrogens with one attached hydrogen (secondary N) is 2. The van der Waals surface area contributed by atoms with Gasteiger partial charge in [0.25, 0.3) is 5.91 Å². The quantitative estimate of drug-likeness (QED) is 0.163. The Kier molecular flexibility index (Phi) is 10.2. The smallest absolute Gasteiger partial charge is 0.440 e. The number of hydrogen-bond acceptors (Lipinski definition) is 11. The lowest BCUT2D eigenvalue weighted by Crippen LogP contribution is -2.32. The molecule has 1 saturated heterocycles. The third kappa shape index (κ3) is 9.36. The van der Waals surface area contributed by atoms with E-state index in [1.165, 1.54) is 30.3 Å². The van der Waals surface area contributed by atoms with Crippen LogP contribution in [0.5, 0.6) is 5.75 Å². The molecule has 0 radical (unpaired) electrons. The number of anilines is 3. The molecule has 0 spiro atoms. The minimum atomic E-state index is -5.43. The average Bonchev–Trinajstić information content (AvgIpc) is 3.70. The predicted octanol–water partition coefficient (Wildman–Crippen LogP) is 5.33. The van der Waals surface area contributed by atoms with Crippen LogP contribution < -0.4 is 20.3 Å². The number of carbonyl (C=O) groups is 3. The van der Waals surface area contributed by atoms with Gasteiger partial charge in [0.15, 0.2) is 11.6 Å². The van der Waals surface area contributed by atoms with Crippen molar-refractivity contribution in [2.24, 2.45) is 0 Å². The van der Waals surface area contributed by atoms with Crippen molar-refractivity contribution in [1.82, 2.24) is 20.4 Å². The first kappa shape index (κ1) is 34.9. The third-order valence-electron chi connectivity index (χ3n) is 6.83. The van der Waals surface area contributed by atoms with Gasteiger partial charge in [-0.3, -0.25) is 14.9 Å². The fourth-order valence-electron chi connectivity index (χ4n) is 4.70. The number of rotatable bonds is 10. The van der Waals surface area contributed by atoms with Crippen LogP contribution in [0, 0.1) is 5.82 Å². The zero-order valence-corrected chi connectivity index (χ0v) is 25.4. The Hall–Kier alpha value is -5.40. The van der Waals surface area contributed by atoms with E-state index in [0.29, 0.717) is 30.3 Å². The second-order valence-corrected chi connectivity index (χ2v) is 11.4. The van der Waals surface area contributed by atoms with Crippen molar-refractivity contribution < 1.29 is 54.6 Å². The fourth-order valence-corrected chi connectivity index (χ4v) is 5.57. The molecule has 0 saturated carbocycles. The summed E-state index contributed by atoms with van der Waals surface area (Å²) in [6.45, 7) is 0.895. The van der Waals surface area contributed by atoms with E-state index in [9.17, 15) is 45.1 Å². The van der Waals surface area contributed by atoms with Crippen LogP contribution in [0.3, 0.4) is 0 Å². The third-order valence-corrected chi connectivity index (χ3v) is 7.83. The summed E-state index contributed by atoms with van der Waals surface area (Å²) in [4.78, 5) is 38.6. The summed E-state index contributed by atoms with van der Waals surface area (Å²) < 4.78 is 98.5. The number of alkyl halides is 6. The maximum Gasteiger partial charge on any atom is 0.573 e. The maximum atomic E-state index is 14.3. The second-order valence-electron chi connectivity index (χ2n) is 10.4. The van der Waals surface area contributed by atoms with Gasteiger partial charge in [-0.15, -0.1) is 33.6 Å². The number of hydrogen-bond donors (Lipinski definition) is 2. The van der Waals surface area contributed by atoms with Gasteiger partial charge in [0.1, 0.15) is 16.6 Å². The Labute approximate surface area is 275 Å². The summed E-state index contributed by atoms with van der Waals surface area (Å²) in [5.41, 5.74) is -0.314. The lowest BCUT2D eigenvalue weighted by molar-refractivity contribution is -0.274. The fraction of sp³-hybridized carbons (Fsp3) is 0.276. The molecule has 258 valence electrons. The van der Waals surface area contributed by atoms with Crippen molar-refractivity contribution in [2.75, 3.05) is 28.6 Å². The van der Waals surface area contributed by atoms with E-state index in [1.54, 1.807) is 6.07 Å². The van der Waals surface area contributed by atoms with Crippen LogP contribution in [0.2, 0.25) is 0 Å². The van der Waals surface area contributed by atoms with Crippen LogP contribution in [-0.4, -0.2) is 63.8 Å². The summed E-state index contributed by atoms with van der Waals surface area (Å²) >= 11 is 0.926. The number of aromatic nitrogens is 4. The Morgan fingerprint density at radius 1 is 0.939 bits per heavy atom. The molecule has 2 unspecified atom stereocenters. The van der Waals surface area contributed by atoms with E-state index in [-0.39, 0.29) is 28.9 Å². The number of nitrogens with zero attached hydrogens (tertiary/aromatic N) is 5. The highest BCUT2D eigenvalue weighted by molar-refractivity contribution is 7.15. The molecule has 1 aliphatic rings. The molecule has 1 fully saturated rings. The van der Waals surface area contributed by atoms with Crippen molar-refractivity contribution >= 4 is 45.9 Å². The lowest BCUT2D eigenvalue weighted by atomic mass is 10.1. The van der Waals surface area contributed by atoms with Crippen LogP contribution in [0.1, 0.15) is 34.6 Å². The minimum absolute atomic E-state index is 0.103. The molecule has 2 aromatic heterocycles. The van der Waals surface area contributed by atoms with Gasteiger partial charge in [-0.1, -0.05) is 41.7 Å². The van der Waals surface area contributed by atoms with Gasteiger partial charge < -0.3 is 19.7 Å². The molecule has 0 aliphatic carbocycles. The standard InChI is InChI=1S/C29H22F7N7O5S/c30-19-7-2-1-6-18(19)23(47-26(46)28(31,32)33)24(45)38-27-42-41-25(49-27)16-10-11-43(14-16)21-9-8-20(39-40-21)37-22(44)13-15-4-3-5-17(12-15)48-29(34,35)36/h1-9,12,16,23H,10-11,13-14H2,(H,37,39,44)(H,38,42,45). The first-order valence-corrected chi connectivity index (χ1v) is 14.9. The van der Waals surface area contributed by atoms with E-state index in [4.69, 9.17) is 0 Å². The van der Waals surface area contributed by atoms with Crippen LogP contribution in [0.15, 0.2) is 60.7 Å². The van der Waals surface area contributed by atoms with Gasteiger partial charge in [0, 0.05) is 24.6 Å². The number of amides is 2. The molecule has 4 aromatic rings. The van der Waals surface area contributed by atoms with Gasteiger partial charge in [-0.25, -0.2) is 9.18 Å². The van der Waals surface area contributed by atoms with Gasteiger partial charge >= 0.3 is 18.5 Å². The van der Waals surface area contributed by atoms with Crippen molar-refractivity contribution in [3.8, 4) is 5.75 Å². The molecule has 49 heavy (non-hydrogen) atoms. The monoisotopic (exact) mass is 713 g/mol. The molecule has 20 heteroatoms. The number of halogens is 7. The molecule has 2 aromatic carbocycles. The zero-order valence-electron chi connectivity index (χ0n) is 24.6. The highest BCUT2D eigenvalue weighted by Crippen LogP contribution is 2.34. The van der Waals surface area contributed by atoms with E-state index >= 15 is 0 Å². The van der Waals surface area contributed by atoms with E-state index in [1.807, 2.05) is 4.90 Å². The maximum absolute atomic E-state index is 14.3. The average molecular weight is 714 g/mol. The SMILES string of the molecule is O=C(Cc1cccc(OC(F)(F)F)c1)Nc1ccc(N2CCC(c3nnc(NC(=O)C(OC(=O)C(F)(F)F)c4ccccc4F)s3)C2)nn1. The van der Waals surface area contributed by atoms with Crippen molar-refractivity contribution in [3.05, 3.63) is 82.6 Å². The van der Waals surface area contributed by atoms with Gasteiger partial charge in [0.2, 0.25) is 17.1 Å². The molecular weight excluding hydrogens is 691 g/mol. The molecule has 12 nitrogen and oxygen atoms in total. The van der Waals surface area contributed by atoms with Crippen molar-refractivity contribution in [3.63, 3.8) is 0 Å². The first-order chi connectivity index (χ1) is 23.1. The van der Waals surface area contributed by atoms with Gasteiger partial charge in [0.05, 0.1) is 6.42 Å². The Balaban J connectivity index is 1.16. The number of esters is 1. The summed E-state index contributed by atoms with van der Waals surface area (Å²) in [7, 11) is 0. The number of carbonyl (C=O) groups excluding carboxylic acids is 3. The van der Waals surface area contributed by atoms with Crippen molar-refractivity contribution in [2.45, 2.75) is 37.4 Å². The minimum Gasteiger partial charge on any atom is -0.440 e.